The third-order valence-electron chi connectivity index (χ3n) is 4.29. The number of amides is 1. The first-order valence-electron chi connectivity index (χ1n) is 7.23. The zero-order chi connectivity index (χ0) is 13.1. The van der Waals surface area contributed by atoms with Crippen molar-refractivity contribution in [3.63, 3.8) is 0 Å². The maximum absolute atomic E-state index is 12.1. The van der Waals surface area contributed by atoms with Gasteiger partial charge in [0.15, 0.2) is 0 Å². The quantitative estimate of drug-likeness (QED) is 0.826. The Kier molecular flexibility index (Phi) is 3.78. The summed E-state index contributed by atoms with van der Waals surface area (Å²) < 4.78 is 0. The minimum Gasteiger partial charge on any atom is -0.340 e. The lowest BCUT2D eigenvalue weighted by molar-refractivity contribution is -0.140. The largest absolute Gasteiger partial charge is 0.340 e. The highest BCUT2D eigenvalue weighted by Crippen LogP contribution is 2.28. The van der Waals surface area contributed by atoms with Crippen LogP contribution in [0.15, 0.2) is 24.5 Å². The van der Waals surface area contributed by atoms with Crippen LogP contribution < -0.4 is 0 Å². The topological polar surface area (TPSA) is 36.4 Å². The molecule has 102 valence electrons. The Labute approximate surface area is 114 Å². The van der Waals surface area contributed by atoms with E-state index >= 15 is 0 Å². The van der Waals surface area contributed by atoms with Crippen LogP contribution in [0.2, 0.25) is 0 Å². The molecule has 3 rings (SSSR count). The van der Waals surface area contributed by atoms with Gasteiger partial charge in [-0.2, -0.15) is 0 Å². The Balaban J connectivity index is 1.48. The molecule has 0 bridgehead atoms. The maximum atomic E-state index is 12.1. The molecular formula is C15H21N3O. The second-order valence-corrected chi connectivity index (χ2v) is 5.58. The van der Waals surface area contributed by atoms with Crippen molar-refractivity contribution in [2.45, 2.75) is 25.8 Å². The van der Waals surface area contributed by atoms with E-state index in [4.69, 9.17) is 0 Å². The summed E-state index contributed by atoms with van der Waals surface area (Å²) in [4.78, 5) is 20.7. The Bertz CT molecular complexity index is 422. The second-order valence-electron chi connectivity index (χ2n) is 5.58. The molecule has 4 nitrogen and oxygen atoms in total. The highest BCUT2D eigenvalue weighted by molar-refractivity contribution is 5.79. The van der Waals surface area contributed by atoms with Gasteiger partial charge in [-0.3, -0.25) is 14.7 Å². The summed E-state index contributed by atoms with van der Waals surface area (Å²) >= 11 is 0. The normalized spacial score (nSPS) is 21.2. The molecular weight excluding hydrogens is 238 g/mol. The molecule has 1 saturated heterocycles. The molecule has 0 N–H and O–H groups in total. The average Bonchev–Trinajstić information content (AvgIpc) is 2.39. The highest BCUT2D eigenvalue weighted by atomic mass is 16.2. The summed E-state index contributed by atoms with van der Waals surface area (Å²) in [5.41, 5.74) is 1.30. The summed E-state index contributed by atoms with van der Waals surface area (Å²) in [6.45, 7) is 4.72. The summed E-state index contributed by atoms with van der Waals surface area (Å²) in [5, 5.41) is 0. The fourth-order valence-corrected chi connectivity index (χ4v) is 2.79. The van der Waals surface area contributed by atoms with E-state index in [9.17, 15) is 4.79 Å². The lowest BCUT2D eigenvalue weighted by atomic mass is 9.84. The van der Waals surface area contributed by atoms with Crippen molar-refractivity contribution in [3.05, 3.63) is 30.1 Å². The number of hydrogen-bond donors (Lipinski definition) is 0. The molecule has 0 aromatic carbocycles. The molecule has 2 heterocycles. The number of hydrogen-bond acceptors (Lipinski definition) is 3. The van der Waals surface area contributed by atoms with Crippen LogP contribution in [0.3, 0.4) is 0 Å². The van der Waals surface area contributed by atoms with E-state index in [1.165, 1.54) is 12.0 Å². The van der Waals surface area contributed by atoms with Crippen LogP contribution in [0.25, 0.3) is 0 Å². The molecule has 1 amide bonds. The van der Waals surface area contributed by atoms with Gasteiger partial charge in [-0.15, -0.1) is 0 Å². The van der Waals surface area contributed by atoms with Crippen molar-refractivity contribution in [1.82, 2.24) is 14.8 Å². The molecule has 1 aliphatic carbocycles. The van der Waals surface area contributed by atoms with E-state index in [2.05, 4.69) is 26.9 Å². The first-order valence-corrected chi connectivity index (χ1v) is 7.23. The number of carbonyl (C=O) groups is 1. The van der Waals surface area contributed by atoms with Crippen LogP contribution in [-0.2, 0) is 11.3 Å². The smallest absolute Gasteiger partial charge is 0.225 e. The van der Waals surface area contributed by atoms with Gasteiger partial charge in [0.25, 0.3) is 0 Å². The van der Waals surface area contributed by atoms with Gasteiger partial charge >= 0.3 is 0 Å². The van der Waals surface area contributed by atoms with Crippen molar-refractivity contribution in [2.75, 3.05) is 26.2 Å². The lowest BCUT2D eigenvalue weighted by Gasteiger charge is -2.38. The molecule has 0 spiro atoms. The summed E-state index contributed by atoms with van der Waals surface area (Å²) in [6, 6.07) is 4.12. The van der Waals surface area contributed by atoms with E-state index in [0.29, 0.717) is 11.8 Å². The van der Waals surface area contributed by atoms with E-state index in [0.717, 1.165) is 45.6 Å². The van der Waals surface area contributed by atoms with Crippen LogP contribution in [0.5, 0.6) is 0 Å². The molecule has 2 aliphatic rings. The predicted octanol–water partition coefficient (Wildman–Crippen LogP) is 1.53. The summed E-state index contributed by atoms with van der Waals surface area (Å²) in [6.07, 6.45) is 7.13. The van der Waals surface area contributed by atoms with Gasteiger partial charge in [0.05, 0.1) is 0 Å². The molecule has 1 aliphatic heterocycles. The van der Waals surface area contributed by atoms with Gasteiger partial charge in [-0.05, 0) is 30.5 Å². The molecule has 0 atom stereocenters. The third kappa shape index (κ3) is 2.95. The number of aromatic nitrogens is 1. The van der Waals surface area contributed by atoms with E-state index in [-0.39, 0.29) is 0 Å². The number of rotatable bonds is 3. The van der Waals surface area contributed by atoms with Crippen LogP contribution in [0.4, 0.5) is 0 Å². The molecule has 0 radical (unpaired) electrons. The van der Waals surface area contributed by atoms with Gasteiger partial charge in [-0.1, -0.05) is 6.42 Å². The Morgan fingerprint density at radius 2 is 1.84 bits per heavy atom. The zero-order valence-electron chi connectivity index (χ0n) is 11.3. The fourth-order valence-electron chi connectivity index (χ4n) is 2.79. The minimum atomic E-state index is 0.340. The van der Waals surface area contributed by atoms with Crippen molar-refractivity contribution < 1.29 is 4.79 Å². The first kappa shape index (κ1) is 12.6. The van der Waals surface area contributed by atoms with Gasteiger partial charge in [-0.25, -0.2) is 0 Å². The SMILES string of the molecule is O=C(C1CCC1)N1CCN(Cc2ccncc2)CC1. The van der Waals surface area contributed by atoms with Gasteiger partial charge < -0.3 is 4.90 Å². The molecule has 4 heteroatoms. The predicted molar refractivity (Wildman–Crippen MR) is 73.4 cm³/mol. The van der Waals surface area contributed by atoms with Crippen molar-refractivity contribution >= 4 is 5.91 Å². The van der Waals surface area contributed by atoms with Crippen LogP contribution in [0, 0.1) is 5.92 Å². The molecule has 1 aromatic heterocycles. The fraction of sp³-hybridized carbons (Fsp3) is 0.600. The van der Waals surface area contributed by atoms with Gasteiger partial charge in [0.2, 0.25) is 5.91 Å². The Hall–Kier alpha value is -1.42. The molecule has 1 aromatic rings. The van der Waals surface area contributed by atoms with Crippen LogP contribution in [-0.4, -0.2) is 46.9 Å². The zero-order valence-corrected chi connectivity index (χ0v) is 11.3. The Morgan fingerprint density at radius 1 is 1.16 bits per heavy atom. The first-order chi connectivity index (χ1) is 9.33. The number of carbonyl (C=O) groups excluding carboxylic acids is 1. The third-order valence-corrected chi connectivity index (χ3v) is 4.29. The van der Waals surface area contributed by atoms with E-state index in [1.54, 1.807) is 0 Å². The van der Waals surface area contributed by atoms with Crippen molar-refractivity contribution in [2.24, 2.45) is 5.92 Å². The van der Waals surface area contributed by atoms with E-state index < -0.39 is 0 Å². The van der Waals surface area contributed by atoms with Gasteiger partial charge in [0.1, 0.15) is 0 Å². The van der Waals surface area contributed by atoms with Crippen molar-refractivity contribution in [3.8, 4) is 0 Å². The molecule has 19 heavy (non-hydrogen) atoms. The standard InChI is InChI=1S/C15H21N3O/c19-15(14-2-1-3-14)18-10-8-17(9-11-18)12-13-4-6-16-7-5-13/h4-7,14H,1-3,8-12H2. The monoisotopic (exact) mass is 259 g/mol. The summed E-state index contributed by atoms with van der Waals surface area (Å²) in [5.74, 6) is 0.738. The van der Waals surface area contributed by atoms with Crippen molar-refractivity contribution in [1.29, 1.82) is 0 Å². The van der Waals surface area contributed by atoms with E-state index in [1.807, 2.05) is 12.4 Å². The molecule has 1 saturated carbocycles. The second kappa shape index (κ2) is 5.70. The highest BCUT2D eigenvalue weighted by Gasteiger charge is 2.30. The number of pyridine rings is 1. The lowest BCUT2D eigenvalue weighted by Crippen LogP contribution is -2.50. The van der Waals surface area contributed by atoms with Crippen LogP contribution in [0.1, 0.15) is 24.8 Å². The van der Waals surface area contributed by atoms with Gasteiger partial charge in [0, 0.05) is 51.0 Å². The Morgan fingerprint density at radius 3 is 2.42 bits per heavy atom. The average molecular weight is 259 g/mol. The summed E-state index contributed by atoms with van der Waals surface area (Å²) in [7, 11) is 0. The maximum Gasteiger partial charge on any atom is 0.225 e. The minimum absolute atomic E-state index is 0.340. The number of nitrogens with zero attached hydrogens (tertiary/aromatic N) is 3. The number of piperazine rings is 1. The molecule has 2 fully saturated rings. The van der Waals surface area contributed by atoms with Crippen LogP contribution >= 0.6 is 0 Å². The molecule has 0 unspecified atom stereocenters.